The van der Waals surface area contributed by atoms with Crippen molar-refractivity contribution in [1.29, 1.82) is 0 Å². The Labute approximate surface area is 103 Å². The molecular formula is C13H13F3N2. The minimum Gasteiger partial charge on any atom is -0.285 e. The van der Waals surface area contributed by atoms with Gasteiger partial charge in [-0.25, -0.2) is 0 Å². The van der Waals surface area contributed by atoms with E-state index in [0.29, 0.717) is 11.3 Å². The van der Waals surface area contributed by atoms with Crippen LogP contribution in [0.1, 0.15) is 30.9 Å². The van der Waals surface area contributed by atoms with E-state index in [1.807, 2.05) is 13.8 Å². The SMILES string of the molecule is CC(C)c1c[nH]nc1-c1ccc(C(F)(F)F)cc1. The van der Waals surface area contributed by atoms with E-state index < -0.39 is 11.7 Å². The summed E-state index contributed by atoms with van der Waals surface area (Å²) in [6, 6.07) is 5.05. The first-order chi connectivity index (χ1) is 8.39. The van der Waals surface area contributed by atoms with E-state index >= 15 is 0 Å². The van der Waals surface area contributed by atoms with Gasteiger partial charge in [0.15, 0.2) is 0 Å². The molecule has 2 rings (SSSR count). The molecule has 0 aliphatic carbocycles. The van der Waals surface area contributed by atoms with Crippen molar-refractivity contribution in [2.75, 3.05) is 0 Å². The second-order valence-electron chi connectivity index (χ2n) is 4.42. The first kappa shape index (κ1) is 12.7. The smallest absolute Gasteiger partial charge is 0.285 e. The lowest BCUT2D eigenvalue weighted by molar-refractivity contribution is -0.137. The van der Waals surface area contributed by atoms with E-state index in [9.17, 15) is 13.2 Å². The molecule has 2 aromatic rings. The predicted molar refractivity (Wildman–Crippen MR) is 63.1 cm³/mol. The fraction of sp³-hybridized carbons (Fsp3) is 0.308. The number of aromatic amines is 1. The maximum absolute atomic E-state index is 12.4. The molecule has 0 fully saturated rings. The van der Waals surface area contributed by atoms with Crippen molar-refractivity contribution in [2.24, 2.45) is 0 Å². The maximum Gasteiger partial charge on any atom is 0.416 e. The van der Waals surface area contributed by atoms with Crippen LogP contribution in [-0.2, 0) is 6.18 Å². The Kier molecular flexibility index (Phi) is 3.15. The Hall–Kier alpha value is -1.78. The molecule has 0 unspecified atom stereocenters. The van der Waals surface area contributed by atoms with Crippen molar-refractivity contribution in [3.63, 3.8) is 0 Å². The summed E-state index contributed by atoms with van der Waals surface area (Å²) in [6.07, 6.45) is -2.53. The molecule has 1 aromatic heterocycles. The number of hydrogen-bond donors (Lipinski definition) is 1. The molecule has 0 radical (unpaired) electrons. The number of halogens is 3. The quantitative estimate of drug-likeness (QED) is 0.854. The van der Waals surface area contributed by atoms with Crippen LogP contribution in [0.15, 0.2) is 30.5 Å². The molecule has 0 saturated heterocycles. The molecule has 5 heteroatoms. The Balaban J connectivity index is 2.38. The highest BCUT2D eigenvalue weighted by Crippen LogP contribution is 2.32. The van der Waals surface area contributed by atoms with Gasteiger partial charge in [0.2, 0.25) is 0 Å². The Bertz CT molecular complexity index is 524. The highest BCUT2D eigenvalue weighted by Gasteiger charge is 2.30. The Morgan fingerprint density at radius 1 is 1.11 bits per heavy atom. The number of nitrogens with one attached hydrogen (secondary N) is 1. The molecule has 0 aliphatic heterocycles. The maximum atomic E-state index is 12.4. The Morgan fingerprint density at radius 2 is 1.72 bits per heavy atom. The van der Waals surface area contributed by atoms with E-state index in [-0.39, 0.29) is 5.92 Å². The van der Waals surface area contributed by atoms with Gasteiger partial charge in [0.1, 0.15) is 0 Å². The number of rotatable bonds is 2. The van der Waals surface area contributed by atoms with Gasteiger partial charge in [-0.2, -0.15) is 18.3 Å². The molecule has 0 bridgehead atoms. The van der Waals surface area contributed by atoms with Gasteiger partial charge in [-0.3, -0.25) is 5.10 Å². The minimum absolute atomic E-state index is 0.265. The molecule has 18 heavy (non-hydrogen) atoms. The summed E-state index contributed by atoms with van der Waals surface area (Å²) in [7, 11) is 0. The van der Waals surface area contributed by atoms with Gasteiger partial charge in [0, 0.05) is 17.3 Å². The molecule has 1 aromatic carbocycles. The summed E-state index contributed by atoms with van der Waals surface area (Å²) < 4.78 is 37.3. The van der Waals surface area contributed by atoms with E-state index in [1.54, 1.807) is 6.20 Å². The average Bonchev–Trinajstić information content (AvgIpc) is 2.77. The van der Waals surface area contributed by atoms with Crippen molar-refractivity contribution in [2.45, 2.75) is 25.9 Å². The van der Waals surface area contributed by atoms with Crippen LogP contribution in [0.25, 0.3) is 11.3 Å². The first-order valence-electron chi connectivity index (χ1n) is 5.61. The van der Waals surface area contributed by atoms with Crippen LogP contribution < -0.4 is 0 Å². The molecule has 2 nitrogen and oxygen atoms in total. The van der Waals surface area contributed by atoms with Crippen molar-refractivity contribution in [1.82, 2.24) is 10.2 Å². The third-order valence-electron chi connectivity index (χ3n) is 2.78. The zero-order valence-electron chi connectivity index (χ0n) is 10.0. The molecular weight excluding hydrogens is 241 g/mol. The first-order valence-corrected chi connectivity index (χ1v) is 5.61. The zero-order chi connectivity index (χ0) is 13.3. The van der Waals surface area contributed by atoms with Crippen LogP contribution in [0.2, 0.25) is 0 Å². The van der Waals surface area contributed by atoms with Gasteiger partial charge >= 0.3 is 6.18 Å². The van der Waals surface area contributed by atoms with Gasteiger partial charge in [-0.15, -0.1) is 0 Å². The zero-order valence-corrected chi connectivity index (χ0v) is 10.0. The predicted octanol–water partition coefficient (Wildman–Crippen LogP) is 4.22. The minimum atomic E-state index is -4.30. The van der Waals surface area contributed by atoms with Crippen molar-refractivity contribution < 1.29 is 13.2 Å². The van der Waals surface area contributed by atoms with Gasteiger partial charge in [-0.1, -0.05) is 26.0 Å². The van der Waals surface area contributed by atoms with Crippen LogP contribution in [-0.4, -0.2) is 10.2 Å². The van der Waals surface area contributed by atoms with Gasteiger partial charge in [0.25, 0.3) is 0 Å². The van der Waals surface area contributed by atoms with E-state index in [2.05, 4.69) is 10.2 Å². The highest BCUT2D eigenvalue weighted by molar-refractivity contribution is 5.63. The second-order valence-corrected chi connectivity index (χ2v) is 4.42. The highest BCUT2D eigenvalue weighted by atomic mass is 19.4. The molecule has 0 spiro atoms. The monoisotopic (exact) mass is 254 g/mol. The number of H-pyrrole nitrogens is 1. The fourth-order valence-electron chi connectivity index (χ4n) is 1.79. The standard InChI is InChI=1S/C13H13F3N2/c1-8(2)11-7-17-18-12(11)9-3-5-10(6-4-9)13(14,15)16/h3-8H,1-2H3,(H,17,18). The average molecular weight is 254 g/mol. The van der Waals surface area contributed by atoms with Crippen molar-refractivity contribution in [3.8, 4) is 11.3 Å². The summed E-state index contributed by atoms with van der Waals surface area (Å²) in [6.45, 7) is 4.02. The van der Waals surface area contributed by atoms with Crippen LogP contribution in [0.3, 0.4) is 0 Å². The van der Waals surface area contributed by atoms with Gasteiger partial charge < -0.3 is 0 Å². The van der Waals surface area contributed by atoms with Crippen molar-refractivity contribution >= 4 is 0 Å². The van der Waals surface area contributed by atoms with E-state index in [4.69, 9.17) is 0 Å². The van der Waals surface area contributed by atoms with Gasteiger partial charge in [-0.05, 0) is 18.1 Å². The molecule has 0 atom stereocenters. The Morgan fingerprint density at radius 3 is 2.22 bits per heavy atom. The molecule has 1 N–H and O–H groups in total. The fourth-order valence-corrected chi connectivity index (χ4v) is 1.79. The number of nitrogens with zero attached hydrogens (tertiary/aromatic N) is 1. The topological polar surface area (TPSA) is 28.7 Å². The van der Waals surface area contributed by atoms with E-state index in [0.717, 1.165) is 17.7 Å². The van der Waals surface area contributed by atoms with Crippen LogP contribution in [0.4, 0.5) is 13.2 Å². The molecule has 0 saturated carbocycles. The third-order valence-corrected chi connectivity index (χ3v) is 2.78. The molecule has 1 heterocycles. The molecule has 0 aliphatic rings. The number of hydrogen-bond acceptors (Lipinski definition) is 1. The summed E-state index contributed by atoms with van der Waals surface area (Å²) in [4.78, 5) is 0. The van der Waals surface area contributed by atoms with Gasteiger partial charge in [0.05, 0.1) is 11.3 Å². The summed E-state index contributed by atoms with van der Waals surface area (Å²) in [5.41, 5.74) is 1.74. The van der Waals surface area contributed by atoms with Crippen LogP contribution >= 0.6 is 0 Å². The number of aromatic nitrogens is 2. The lowest BCUT2D eigenvalue weighted by Crippen LogP contribution is -2.04. The summed E-state index contributed by atoms with van der Waals surface area (Å²) in [5, 5.41) is 6.84. The van der Waals surface area contributed by atoms with Crippen LogP contribution in [0.5, 0.6) is 0 Å². The molecule has 96 valence electrons. The van der Waals surface area contributed by atoms with E-state index in [1.165, 1.54) is 12.1 Å². The largest absolute Gasteiger partial charge is 0.416 e. The van der Waals surface area contributed by atoms with Crippen molar-refractivity contribution in [3.05, 3.63) is 41.6 Å². The lowest BCUT2D eigenvalue weighted by atomic mass is 9.99. The summed E-state index contributed by atoms with van der Waals surface area (Å²) in [5.74, 6) is 0.265. The summed E-state index contributed by atoms with van der Waals surface area (Å²) >= 11 is 0. The third kappa shape index (κ3) is 2.39. The molecule has 0 amide bonds. The lowest BCUT2D eigenvalue weighted by Gasteiger charge is -2.08. The van der Waals surface area contributed by atoms with Crippen LogP contribution in [0, 0.1) is 0 Å². The number of benzene rings is 1. The number of alkyl halides is 3. The second kappa shape index (κ2) is 4.48. The normalized spacial score (nSPS) is 12.1.